The Morgan fingerprint density at radius 2 is 2.00 bits per heavy atom. The SMILES string of the molecule is Cc1cc(N2CCCN(C)CC2)ccc1CBr. The molecule has 1 aromatic carbocycles. The maximum absolute atomic E-state index is 3.53. The average Bonchev–Trinajstić information content (AvgIpc) is 2.54. The molecule has 1 aromatic rings. The molecule has 0 aliphatic carbocycles. The van der Waals surface area contributed by atoms with Gasteiger partial charge >= 0.3 is 0 Å². The molecular formula is C14H21BrN2. The highest BCUT2D eigenvalue weighted by atomic mass is 79.9. The second-order valence-electron chi connectivity index (χ2n) is 4.89. The maximum Gasteiger partial charge on any atom is 0.0369 e. The molecule has 0 radical (unpaired) electrons. The van der Waals surface area contributed by atoms with Crippen molar-refractivity contribution < 1.29 is 0 Å². The van der Waals surface area contributed by atoms with E-state index < -0.39 is 0 Å². The van der Waals surface area contributed by atoms with Crippen LogP contribution in [0.4, 0.5) is 5.69 Å². The molecule has 3 heteroatoms. The standard InChI is InChI=1S/C14H21BrN2/c1-12-10-14(5-4-13(12)11-15)17-7-3-6-16(2)8-9-17/h4-5,10H,3,6-9,11H2,1-2H3. The number of alkyl halides is 1. The Morgan fingerprint density at radius 1 is 1.18 bits per heavy atom. The summed E-state index contributed by atoms with van der Waals surface area (Å²) < 4.78 is 0. The Labute approximate surface area is 113 Å². The third-order valence-electron chi connectivity index (χ3n) is 3.55. The molecule has 0 bridgehead atoms. The molecule has 0 saturated carbocycles. The molecule has 0 unspecified atom stereocenters. The summed E-state index contributed by atoms with van der Waals surface area (Å²) >= 11 is 3.53. The van der Waals surface area contributed by atoms with Gasteiger partial charge in [-0.1, -0.05) is 22.0 Å². The van der Waals surface area contributed by atoms with Gasteiger partial charge in [0.15, 0.2) is 0 Å². The first kappa shape index (κ1) is 12.9. The summed E-state index contributed by atoms with van der Waals surface area (Å²) in [5.74, 6) is 0. The Balaban J connectivity index is 2.13. The number of rotatable bonds is 2. The van der Waals surface area contributed by atoms with E-state index in [4.69, 9.17) is 0 Å². The highest BCUT2D eigenvalue weighted by Gasteiger charge is 2.13. The molecule has 0 N–H and O–H groups in total. The van der Waals surface area contributed by atoms with Gasteiger partial charge in [-0.05, 0) is 50.2 Å². The number of anilines is 1. The third kappa shape index (κ3) is 3.23. The molecule has 1 heterocycles. The van der Waals surface area contributed by atoms with E-state index in [1.165, 1.54) is 42.9 Å². The first-order valence-electron chi connectivity index (χ1n) is 6.29. The van der Waals surface area contributed by atoms with Crippen molar-refractivity contribution in [1.82, 2.24) is 4.90 Å². The second-order valence-corrected chi connectivity index (χ2v) is 5.45. The van der Waals surface area contributed by atoms with Gasteiger partial charge in [0.2, 0.25) is 0 Å². The lowest BCUT2D eigenvalue weighted by Crippen LogP contribution is -2.28. The molecule has 0 spiro atoms. The zero-order valence-corrected chi connectivity index (χ0v) is 12.3. The van der Waals surface area contributed by atoms with Crippen LogP contribution in [0.3, 0.4) is 0 Å². The van der Waals surface area contributed by atoms with E-state index in [0.29, 0.717) is 0 Å². The van der Waals surface area contributed by atoms with Crippen LogP contribution in [0.25, 0.3) is 0 Å². The summed E-state index contributed by atoms with van der Waals surface area (Å²) in [7, 11) is 2.21. The van der Waals surface area contributed by atoms with Gasteiger partial charge in [0.25, 0.3) is 0 Å². The predicted octanol–water partition coefficient (Wildman–Crippen LogP) is 3.03. The van der Waals surface area contributed by atoms with Crippen LogP contribution in [-0.4, -0.2) is 38.1 Å². The van der Waals surface area contributed by atoms with Crippen LogP contribution in [0.1, 0.15) is 17.5 Å². The van der Waals surface area contributed by atoms with Crippen LogP contribution in [0.15, 0.2) is 18.2 Å². The molecule has 1 aliphatic heterocycles. The van der Waals surface area contributed by atoms with E-state index in [9.17, 15) is 0 Å². The first-order valence-corrected chi connectivity index (χ1v) is 7.42. The molecule has 94 valence electrons. The van der Waals surface area contributed by atoms with Gasteiger partial charge in [0, 0.05) is 30.7 Å². The smallest absolute Gasteiger partial charge is 0.0369 e. The fourth-order valence-electron chi connectivity index (χ4n) is 2.33. The zero-order valence-electron chi connectivity index (χ0n) is 10.7. The molecule has 2 nitrogen and oxygen atoms in total. The zero-order chi connectivity index (χ0) is 12.3. The summed E-state index contributed by atoms with van der Waals surface area (Å²) in [6.07, 6.45) is 1.26. The van der Waals surface area contributed by atoms with Crippen LogP contribution >= 0.6 is 15.9 Å². The average molecular weight is 297 g/mol. The van der Waals surface area contributed by atoms with Crippen molar-refractivity contribution in [2.45, 2.75) is 18.7 Å². The highest BCUT2D eigenvalue weighted by molar-refractivity contribution is 9.08. The fourth-order valence-corrected chi connectivity index (χ4v) is 2.96. The Hall–Kier alpha value is -0.540. The molecule has 0 amide bonds. The number of hydrogen-bond donors (Lipinski definition) is 0. The number of halogens is 1. The first-order chi connectivity index (χ1) is 8.20. The molecule has 0 atom stereocenters. The van der Waals surface area contributed by atoms with Crippen LogP contribution in [-0.2, 0) is 5.33 Å². The van der Waals surface area contributed by atoms with Crippen molar-refractivity contribution in [2.75, 3.05) is 38.1 Å². The third-order valence-corrected chi connectivity index (χ3v) is 4.16. The summed E-state index contributed by atoms with van der Waals surface area (Å²) in [6, 6.07) is 6.82. The van der Waals surface area contributed by atoms with Crippen LogP contribution in [0.2, 0.25) is 0 Å². The van der Waals surface area contributed by atoms with Crippen molar-refractivity contribution in [2.24, 2.45) is 0 Å². The van der Waals surface area contributed by atoms with Crippen molar-refractivity contribution in [3.63, 3.8) is 0 Å². The van der Waals surface area contributed by atoms with Gasteiger partial charge in [0.1, 0.15) is 0 Å². The van der Waals surface area contributed by atoms with E-state index in [1.54, 1.807) is 0 Å². The Bertz CT molecular complexity index is 378. The molecule has 1 aliphatic rings. The second kappa shape index (κ2) is 5.87. The number of benzene rings is 1. The molecule has 1 fully saturated rings. The summed E-state index contributed by atoms with van der Waals surface area (Å²) in [5, 5.41) is 0.946. The minimum atomic E-state index is 0.946. The van der Waals surface area contributed by atoms with Gasteiger partial charge in [0.05, 0.1) is 0 Å². The summed E-state index contributed by atoms with van der Waals surface area (Å²) in [6.45, 7) is 6.90. The van der Waals surface area contributed by atoms with Crippen LogP contribution < -0.4 is 4.90 Å². The van der Waals surface area contributed by atoms with Gasteiger partial charge in [-0.2, -0.15) is 0 Å². The minimum absolute atomic E-state index is 0.946. The highest BCUT2D eigenvalue weighted by Crippen LogP contribution is 2.21. The Kier molecular flexibility index (Phi) is 4.46. The minimum Gasteiger partial charge on any atom is -0.370 e. The quantitative estimate of drug-likeness (QED) is 0.774. The van der Waals surface area contributed by atoms with E-state index >= 15 is 0 Å². The van der Waals surface area contributed by atoms with E-state index in [-0.39, 0.29) is 0 Å². The largest absolute Gasteiger partial charge is 0.370 e. The maximum atomic E-state index is 3.53. The van der Waals surface area contributed by atoms with E-state index in [0.717, 1.165) is 11.9 Å². The van der Waals surface area contributed by atoms with Crippen LogP contribution in [0.5, 0.6) is 0 Å². The molecular weight excluding hydrogens is 276 g/mol. The van der Waals surface area contributed by atoms with Gasteiger partial charge in [-0.15, -0.1) is 0 Å². The molecule has 1 saturated heterocycles. The van der Waals surface area contributed by atoms with Crippen molar-refractivity contribution >= 4 is 21.6 Å². The molecule has 2 rings (SSSR count). The van der Waals surface area contributed by atoms with Crippen molar-refractivity contribution in [3.05, 3.63) is 29.3 Å². The lowest BCUT2D eigenvalue weighted by molar-refractivity contribution is 0.360. The van der Waals surface area contributed by atoms with Crippen molar-refractivity contribution in [1.29, 1.82) is 0 Å². The topological polar surface area (TPSA) is 6.48 Å². The van der Waals surface area contributed by atoms with Crippen LogP contribution in [0, 0.1) is 6.92 Å². The normalized spacial score (nSPS) is 18.2. The number of likely N-dealkylation sites (N-methyl/N-ethyl adjacent to an activating group) is 1. The van der Waals surface area contributed by atoms with Gasteiger partial charge in [-0.25, -0.2) is 0 Å². The monoisotopic (exact) mass is 296 g/mol. The van der Waals surface area contributed by atoms with Crippen molar-refractivity contribution in [3.8, 4) is 0 Å². The van der Waals surface area contributed by atoms with E-state index in [2.05, 4.69) is 57.9 Å². The fraction of sp³-hybridized carbons (Fsp3) is 0.571. The number of nitrogens with zero attached hydrogens (tertiary/aromatic N) is 2. The lowest BCUT2D eigenvalue weighted by atomic mass is 10.1. The molecule has 17 heavy (non-hydrogen) atoms. The number of hydrogen-bond acceptors (Lipinski definition) is 2. The summed E-state index contributed by atoms with van der Waals surface area (Å²) in [4.78, 5) is 4.92. The molecule has 0 aromatic heterocycles. The Morgan fingerprint density at radius 3 is 2.71 bits per heavy atom. The number of aryl methyl sites for hydroxylation is 1. The van der Waals surface area contributed by atoms with Gasteiger partial charge < -0.3 is 9.80 Å². The summed E-state index contributed by atoms with van der Waals surface area (Å²) in [5.41, 5.74) is 4.15. The predicted molar refractivity (Wildman–Crippen MR) is 78.1 cm³/mol. The van der Waals surface area contributed by atoms with E-state index in [1.807, 2.05) is 0 Å². The lowest BCUT2D eigenvalue weighted by Gasteiger charge is -2.23. The van der Waals surface area contributed by atoms with Gasteiger partial charge in [-0.3, -0.25) is 0 Å².